The fourth-order valence-corrected chi connectivity index (χ4v) is 3.27. The molecule has 1 N–H and O–H groups in total. The maximum absolute atomic E-state index is 9.31. The highest BCUT2D eigenvalue weighted by atomic mass is 79.9. The first-order valence-corrected chi connectivity index (χ1v) is 7.78. The van der Waals surface area contributed by atoms with Crippen LogP contribution in [0, 0.1) is 11.3 Å². The van der Waals surface area contributed by atoms with Gasteiger partial charge in [0.15, 0.2) is 0 Å². The van der Waals surface area contributed by atoms with Gasteiger partial charge < -0.3 is 5.32 Å². The molecule has 1 aromatic heterocycles. The second-order valence-electron chi connectivity index (χ2n) is 4.41. The minimum Gasteiger partial charge on any atom is -0.338 e. The molecule has 0 spiro atoms. The van der Waals surface area contributed by atoms with E-state index < -0.39 is 0 Å². The number of para-hydroxylation sites is 2. The number of pyridine rings is 1. The quantitative estimate of drug-likeness (QED) is 0.626. The van der Waals surface area contributed by atoms with Gasteiger partial charge in [-0.15, -0.1) is 0 Å². The average molecular weight is 403 g/mol. The smallest absolute Gasteiger partial charge is 0.132 e. The van der Waals surface area contributed by atoms with Gasteiger partial charge in [-0.25, -0.2) is 4.98 Å². The molecule has 3 rings (SSSR count). The number of aromatic nitrogens is 1. The fourth-order valence-electron chi connectivity index (χ4n) is 2.08. The van der Waals surface area contributed by atoms with Crippen LogP contribution in [0.15, 0.2) is 57.5 Å². The largest absolute Gasteiger partial charge is 0.338 e. The Morgan fingerprint density at radius 2 is 1.71 bits per heavy atom. The fraction of sp³-hybridized carbons (Fsp3) is 0. The number of hydrogen-bond donors (Lipinski definition) is 1. The number of rotatable bonds is 2. The summed E-state index contributed by atoms with van der Waals surface area (Å²) in [6.45, 7) is 0. The topological polar surface area (TPSA) is 48.7 Å². The van der Waals surface area contributed by atoms with E-state index in [0.717, 1.165) is 25.5 Å². The van der Waals surface area contributed by atoms with Gasteiger partial charge in [0, 0.05) is 14.3 Å². The van der Waals surface area contributed by atoms with Gasteiger partial charge in [-0.05, 0) is 56.1 Å². The molecule has 0 aliphatic heterocycles. The van der Waals surface area contributed by atoms with Gasteiger partial charge in [0.25, 0.3) is 0 Å². The maximum Gasteiger partial charge on any atom is 0.132 e. The van der Waals surface area contributed by atoms with E-state index >= 15 is 0 Å². The zero-order chi connectivity index (χ0) is 14.8. The van der Waals surface area contributed by atoms with Gasteiger partial charge in [0.2, 0.25) is 0 Å². The first-order valence-electron chi connectivity index (χ1n) is 6.20. The SMILES string of the molecule is N#Cc1cc(Nc2c(Br)cccc2Br)nc2ccccc12. The van der Waals surface area contributed by atoms with Crippen LogP contribution in [-0.2, 0) is 0 Å². The molecule has 21 heavy (non-hydrogen) atoms. The first-order chi connectivity index (χ1) is 10.2. The summed E-state index contributed by atoms with van der Waals surface area (Å²) in [6.07, 6.45) is 0. The lowest BCUT2D eigenvalue weighted by Gasteiger charge is -2.11. The molecule has 1 heterocycles. The number of fused-ring (bicyclic) bond motifs is 1. The van der Waals surface area contributed by atoms with E-state index in [0.29, 0.717) is 11.4 Å². The van der Waals surface area contributed by atoms with E-state index in [2.05, 4.69) is 48.2 Å². The number of anilines is 2. The Kier molecular flexibility index (Phi) is 3.91. The summed E-state index contributed by atoms with van der Waals surface area (Å²) in [7, 11) is 0. The van der Waals surface area contributed by atoms with Crippen molar-refractivity contribution in [2.45, 2.75) is 0 Å². The first kappa shape index (κ1) is 14.1. The van der Waals surface area contributed by atoms with Crippen molar-refractivity contribution in [3.05, 3.63) is 63.0 Å². The zero-order valence-corrected chi connectivity index (χ0v) is 13.9. The Hall–Kier alpha value is -1.90. The Balaban J connectivity index is 2.12. The van der Waals surface area contributed by atoms with Crippen LogP contribution in [0.25, 0.3) is 10.9 Å². The molecule has 2 aromatic carbocycles. The van der Waals surface area contributed by atoms with Crippen molar-refractivity contribution in [1.29, 1.82) is 5.26 Å². The third-order valence-electron chi connectivity index (χ3n) is 3.05. The number of hydrogen-bond acceptors (Lipinski definition) is 3. The molecule has 0 radical (unpaired) electrons. The monoisotopic (exact) mass is 401 g/mol. The van der Waals surface area contributed by atoms with Crippen molar-refractivity contribution in [2.75, 3.05) is 5.32 Å². The van der Waals surface area contributed by atoms with Crippen molar-refractivity contribution in [3.8, 4) is 6.07 Å². The van der Waals surface area contributed by atoms with Crippen molar-refractivity contribution >= 4 is 54.3 Å². The number of nitrogens with zero attached hydrogens (tertiary/aromatic N) is 2. The van der Waals surface area contributed by atoms with Crippen LogP contribution in [0.4, 0.5) is 11.5 Å². The van der Waals surface area contributed by atoms with E-state index in [1.807, 2.05) is 42.5 Å². The zero-order valence-electron chi connectivity index (χ0n) is 10.8. The van der Waals surface area contributed by atoms with E-state index in [1.54, 1.807) is 6.07 Å². The van der Waals surface area contributed by atoms with Gasteiger partial charge in [0.05, 0.1) is 22.8 Å². The molecule has 102 valence electrons. The lowest BCUT2D eigenvalue weighted by atomic mass is 10.1. The molecule has 0 fully saturated rings. The molecule has 0 bridgehead atoms. The summed E-state index contributed by atoms with van der Waals surface area (Å²) in [4.78, 5) is 4.56. The maximum atomic E-state index is 9.31. The normalized spacial score (nSPS) is 10.3. The summed E-state index contributed by atoms with van der Waals surface area (Å²) in [5, 5.41) is 13.4. The molecule has 0 atom stereocenters. The molecule has 5 heteroatoms. The highest BCUT2D eigenvalue weighted by Crippen LogP contribution is 2.33. The van der Waals surface area contributed by atoms with Crippen LogP contribution in [0.3, 0.4) is 0 Å². The third kappa shape index (κ3) is 2.78. The average Bonchev–Trinajstić information content (AvgIpc) is 2.50. The summed E-state index contributed by atoms with van der Waals surface area (Å²) < 4.78 is 1.84. The van der Waals surface area contributed by atoms with Crippen molar-refractivity contribution in [1.82, 2.24) is 4.98 Å². The molecule has 0 amide bonds. The predicted octanol–water partition coefficient (Wildman–Crippen LogP) is 5.38. The summed E-state index contributed by atoms with van der Waals surface area (Å²) in [5.74, 6) is 0.637. The third-order valence-corrected chi connectivity index (χ3v) is 4.37. The second kappa shape index (κ2) is 5.84. The Bertz CT molecular complexity index is 849. The van der Waals surface area contributed by atoms with Crippen LogP contribution in [0.2, 0.25) is 0 Å². The molecule has 3 nitrogen and oxygen atoms in total. The van der Waals surface area contributed by atoms with Crippen molar-refractivity contribution < 1.29 is 0 Å². The van der Waals surface area contributed by atoms with Gasteiger partial charge in [-0.2, -0.15) is 5.26 Å². The highest BCUT2D eigenvalue weighted by Gasteiger charge is 2.09. The highest BCUT2D eigenvalue weighted by molar-refractivity contribution is 9.11. The van der Waals surface area contributed by atoms with Crippen LogP contribution < -0.4 is 5.32 Å². The lowest BCUT2D eigenvalue weighted by Crippen LogP contribution is -1.97. The number of nitrogens with one attached hydrogen (secondary N) is 1. The summed E-state index contributed by atoms with van der Waals surface area (Å²) in [5.41, 5.74) is 2.28. The Labute approximate surface area is 138 Å². The summed E-state index contributed by atoms with van der Waals surface area (Å²) in [6, 6.07) is 17.4. The summed E-state index contributed by atoms with van der Waals surface area (Å²) >= 11 is 7.01. The molecule has 0 saturated heterocycles. The molecular weight excluding hydrogens is 394 g/mol. The van der Waals surface area contributed by atoms with E-state index in [1.165, 1.54) is 0 Å². The Morgan fingerprint density at radius 1 is 1.00 bits per heavy atom. The van der Waals surface area contributed by atoms with Gasteiger partial charge in [-0.3, -0.25) is 0 Å². The van der Waals surface area contributed by atoms with Crippen LogP contribution in [0.1, 0.15) is 5.56 Å². The molecule has 3 aromatic rings. The van der Waals surface area contributed by atoms with Crippen LogP contribution in [0.5, 0.6) is 0 Å². The number of benzene rings is 2. The molecule has 0 unspecified atom stereocenters. The Morgan fingerprint density at radius 3 is 2.43 bits per heavy atom. The van der Waals surface area contributed by atoms with E-state index in [-0.39, 0.29) is 0 Å². The van der Waals surface area contributed by atoms with Crippen molar-refractivity contribution in [3.63, 3.8) is 0 Å². The predicted molar refractivity (Wildman–Crippen MR) is 91.6 cm³/mol. The van der Waals surface area contributed by atoms with Gasteiger partial charge in [-0.1, -0.05) is 24.3 Å². The number of nitriles is 1. The van der Waals surface area contributed by atoms with E-state index in [4.69, 9.17) is 0 Å². The van der Waals surface area contributed by atoms with Crippen molar-refractivity contribution in [2.24, 2.45) is 0 Å². The molecule has 0 aliphatic carbocycles. The second-order valence-corrected chi connectivity index (χ2v) is 6.11. The standard InChI is InChI=1S/C16H9Br2N3/c17-12-5-3-6-13(18)16(12)21-15-8-10(9-19)11-4-1-2-7-14(11)20-15/h1-8H,(H,20,21). The number of halogens is 2. The molecular formula is C16H9Br2N3. The molecule has 0 saturated carbocycles. The van der Waals surface area contributed by atoms with Gasteiger partial charge in [0.1, 0.15) is 5.82 Å². The minimum absolute atomic E-state index is 0.603. The van der Waals surface area contributed by atoms with Crippen LogP contribution in [-0.4, -0.2) is 4.98 Å². The van der Waals surface area contributed by atoms with Crippen LogP contribution >= 0.6 is 31.9 Å². The van der Waals surface area contributed by atoms with E-state index in [9.17, 15) is 5.26 Å². The lowest BCUT2D eigenvalue weighted by molar-refractivity contribution is 1.35. The van der Waals surface area contributed by atoms with Gasteiger partial charge >= 0.3 is 0 Å². The molecule has 0 aliphatic rings. The minimum atomic E-state index is 0.603.